The molecule has 0 radical (unpaired) electrons. The number of carbonyl (C=O) groups excluding carboxylic acids is 2. The number of halogens is 1. The zero-order valence-corrected chi connectivity index (χ0v) is 19.9. The maximum atomic E-state index is 14.9. The number of aromatic nitrogens is 1. The van der Waals surface area contributed by atoms with Crippen molar-refractivity contribution in [3.8, 4) is 17.2 Å². The summed E-state index contributed by atoms with van der Waals surface area (Å²) in [5.74, 6) is -0.510. The maximum absolute atomic E-state index is 14.9. The highest BCUT2D eigenvalue weighted by atomic mass is 32.1. The molecule has 1 fully saturated rings. The molecule has 0 aliphatic heterocycles. The number of hydrogen-bond donors (Lipinski definition) is 2. The summed E-state index contributed by atoms with van der Waals surface area (Å²) < 4.78 is 26.7. The van der Waals surface area contributed by atoms with Crippen LogP contribution in [0.5, 0.6) is 17.2 Å². The molecule has 35 heavy (non-hydrogen) atoms. The second-order valence-electron chi connectivity index (χ2n) is 8.32. The van der Waals surface area contributed by atoms with Gasteiger partial charge in [0.25, 0.3) is 0 Å². The summed E-state index contributed by atoms with van der Waals surface area (Å²) in [5.41, 5.74) is 0.308. The van der Waals surface area contributed by atoms with E-state index in [0.29, 0.717) is 30.0 Å². The van der Waals surface area contributed by atoms with Crippen LogP contribution in [0.2, 0.25) is 0 Å². The highest BCUT2D eigenvalue weighted by molar-refractivity contribution is 7.19. The fraction of sp³-hybridized carbons (Fsp3) is 0.192. The number of anilines is 2. The van der Waals surface area contributed by atoms with Crippen LogP contribution >= 0.6 is 11.3 Å². The van der Waals surface area contributed by atoms with Crippen LogP contribution in [0.25, 0.3) is 10.2 Å². The number of benzene rings is 2. The van der Waals surface area contributed by atoms with E-state index in [0.717, 1.165) is 15.1 Å². The summed E-state index contributed by atoms with van der Waals surface area (Å²) in [6.07, 6.45) is 2.42. The predicted octanol–water partition coefficient (Wildman–Crippen LogP) is 5.90. The highest BCUT2D eigenvalue weighted by Gasteiger charge is 2.56. The Kier molecular flexibility index (Phi) is 5.86. The first-order valence-electron chi connectivity index (χ1n) is 11.0. The van der Waals surface area contributed by atoms with E-state index >= 15 is 0 Å². The van der Waals surface area contributed by atoms with Crippen molar-refractivity contribution < 1.29 is 23.5 Å². The van der Waals surface area contributed by atoms with E-state index in [1.165, 1.54) is 30.6 Å². The summed E-state index contributed by atoms with van der Waals surface area (Å²) in [6.45, 7) is 1.97. The van der Waals surface area contributed by atoms with Crippen molar-refractivity contribution in [1.29, 1.82) is 0 Å². The lowest BCUT2D eigenvalue weighted by molar-refractivity contribution is -0.131. The van der Waals surface area contributed by atoms with E-state index in [4.69, 9.17) is 9.47 Å². The lowest BCUT2D eigenvalue weighted by Crippen LogP contribution is -2.35. The van der Waals surface area contributed by atoms with Gasteiger partial charge in [0.1, 0.15) is 16.9 Å². The number of thiophene rings is 1. The average molecular weight is 492 g/mol. The van der Waals surface area contributed by atoms with Crippen molar-refractivity contribution in [2.24, 2.45) is 5.41 Å². The molecule has 0 unspecified atom stereocenters. The molecule has 9 heteroatoms. The zero-order valence-electron chi connectivity index (χ0n) is 19.1. The maximum Gasteiger partial charge on any atom is 0.240 e. The van der Waals surface area contributed by atoms with Gasteiger partial charge in [0.2, 0.25) is 11.8 Å². The van der Waals surface area contributed by atoms with Crippen LogP contribution in [0.3, 0.4) is 0 Å². The minimum Gasteiger partial charge on any atom is -0.495 e. The fourth-order valence-corrected chi connectivity index (χ4v) is 4.74. The minimum absolute atomic E-state index is 0.0246. The first kappa shape index (κ1) is 22.8. The molecule has 7 nitrogen and oxygen atoms in total. The second-order valence-corrected chi connectivity index (χ2v) is 9.57. The number of ether oxygens (including phenoxy) is 2. The number of rotatable bonds is 7. The van der Waals surface area contributed by atoms with Gasteiger partial charge < -0.3 is 20.1 Å². The van der Waals surface area contributed by atoms with Gasteiger partial charge in [0.15, 0.2) is 11.6 Å². The number of nitrogens with zero attached hydrogens (tertiary/aromatic N) is 1. The van der Waals surface area contributed by atoms with Gasteiger partial charge in [0.05, 0.1) is 23.0 Å². The van der Waals surface area contributed by atoms with Crippen molar-refractivity contribution in [3.05, 3.63) is 71.5 Å². The van der Waals surface area contributed by atoms with Gasteiger partial charge in [-0.2, -0.15) is 0 Å². The average Bonchev–Trinajstić information content (AvgIpc) is 3.57. The Morgan fingerprint density at radius 2 is 1.77 bits per heavy atom. The number of aryl methyl sites for hydroxylation is 1. The highest BCUT2D eigenvalue weighted by Crippen LogP contribution is 2.48. The van der Waals surface area contributed by atoms with Crippen molar-refractivity contribution in [2.45, 2.75) is 19.8 Å². The van der Waals surface area contributed by atoms with Crippen LogP contribution in [0.1, 0.15) is 17.7 Å². The lowest BCUT2D eigenvalue weighted by atomic mass is 10.0. The Labute approximate surface area is 204 Å². The van der Waals surface area contributed by atoms with E-state index in [2.05, 4.69) is 15.6 Å². The molecule has 1 saturated carbocycles. The van der Waals surface area contributed by atoms with Gasteiger partial charge in [-0.25, -0.2) is 4.39 Å². The number of hydrogen-bond acceptors (Lipinski definition) is 6. The number of fused-ring (bicyclic) bond motifs is 1. The van der Waals surface area contributed by atoms with Crippen LogP contribution in [-0.4, -0.2) is 23.9 Å². The number of carbonyl (C=O) groups is 2. The first-order chi connectivity index (χ1) is 16.9. The quantitative estimate of drug-likeness (QED) is 0.314. The topological polar surface area (TPSA) is 89.5 Å². The summed E-state index contributed by atoms with van der Waals surface area (Å²) in [5, 5.41) is 5.44. The molecule has 4 aromatic rings. The molecular weight excluding hydrogens is 469 g/mol. The minimum atomic E-state index is -1.20. The Hall–Kier alpha value is -3.98. The third-order valence-corrected chi connectivity index (χ3v) is 6.94. The second kappa shape index (κ2) is 8.99. The van der Waals surface area contributed by atoms with E-state index in [1.807, 2.05) is 13.0 Å². The van der Waals surface area contributed by atoms with Crippen LogP contribution in [0.15, 0.2) is 60.8 Å². The third-order valence-electron chi connectivity index (χ3n) is 5.88. The Balaban J connectivity index is 1.29. The van der Waals surface area contributed by atoms with Gasteiger partial charge in [-0.15, -0.1) is 11.3 Å². The molecule has 5 rings (SSSR count). The largest absolute Gasteiger partial charge is 0.495 e. The van der Waals surface area contributed by atoms with Gasteiger partial charge in [0, 0.05) is 28.9 Å². The molecule has 2 aromatic carbocycles. The Bertz CT molecular complexity index is 1450. The molecule has 0 atom stereocenters. The normalized spacial score (nSPS) is 13.8. The van der Waals surface area contributed by atoms with Crippen LogP contribution in [0.4, 0.5) is 15.8 Å². The summed E-state index contributed by atoms with van der Waals surface area (Å²) in [4.78, 5) is 31.2. The number of pyridine rings is 1. The smallest absolute Gasteiger partial charge is 0.240 e. The van der Waals surface area contributed by atoms with E-state index in [1.54, 1.807) is 42.6 Å². The van der Waals surface area contributed by atoms with Crippen molar-refractivity contribution in [3.63, 3.8) is 0 Å². The SMILES string of the molecule is COc1ccccc1NC(=O)C1(C(=O)Nc2ccc(Oc3ccnc4cc(C)sc34)c(F)c2)CC1. The van der Waals surface area contributed by atoms with Crippen LogP contribution in [-0.2, 0) is 9.59 Å². The van der Waals surface area contributed by atoms with E-state index in [-0.39, 0.29) is 11.4 Å². The van der Waals surface area contributed by atoms with Crippen molar-refractivity contribution in [2.75, 3.05) is 17.7 Å². The van der Waals surface area contributed by atoms with E-state index < -0.39 is 23.0 Å². The lowest BCUT2D eigenvalue weighted by Gasteiger charge is -2.17. The molecule has 1 aliphatic rings. The molecule has 0 saturated heterocycles. The summed E-state index contributed by atoms with van der Waals surface area (Å²) in [6, 6.07) is 14.8. The van der Waals surface area contributed by atoms with Crippen LogP contribution in [0, 0.1) is 18.2 Å². The third kappa shape index (κ3) is 4.42. The molecule has 178 valence electrons. The molecule has 1 aliphatic carbocycles. The standard InChI is InChI=1S/C26H22FN3O4S/c1-15-13-19-23(35-15)22(9-12-28-19)34-20-8-7-16(14-17(20)27)29-24(31)26(10-11-26)25(32)30-18-5-3-4-6-21(18)33-2/h3-9,12-14H,10-11H2,1-2H3,(H,29,31)(H,30,32). The summed E-state index contributed by atoms with van der Waals surface area (Å²) >= 11 is 1.52. The monoisotopic (exact) mass is 491 g/mol. The summed E-state index contributed by atoms with van der Waals surface area (Å²) in [7, 11) is 1.51. The van der Waals surface area contributed by atoms with Crippen molar-refractivity contribution in [1.82, 2.24) is 4.98 Å². The molecular formula is C26H22FN3O4S. The Morgan fingerprint density at radius 3 is 2.51 bits per heavy atom. The number of para-hydroxylation sites is 2. The molecule has 2 N–H and O–H groups in total. The molecule has 2 aromatic heterocycles. The predicted molar refractivity (Wildman–Crippen MR) is 133 cm³/mol. The first-order valence-corrected chi connectivity index (χ1v) is 11.8. The molecule has 0 spiro atoms. The zero-order chi connectivity index (χ0) is 24.6. The number of amides is 2. The fourth-order valence-electron chi connectivity index (χ4n) is 3.82. The molecule has 0 bridgehead atoms. The Morgan fingerprint density at radius 1 is 1.00 bits per heavy atom. The van der Waals surface area contributed by atoms with Crippen LogP contribution < -0.4 is 20.1 Å². The van der Waals surface area contributed by atoms with Gasteiger partial charge in [-0.3, -0.25) is 14.6 Å². The number of nitrogens with one attached hydrogen (secondary N) is 2. The molecule has 2 heterocycles. The van der Waals surface area contributed by atoms with Crippen molar-refractivity contribution >= 4 is 44.7 Å². The van der Waals surface area contributed by atoms with Gasteiger partial charge >= 0.3 is 0 Å². The number of methoxy groups -OCH3 is 1. The molecule has 2 amide bonds. The van der Waals surface area contributed by atoms with Gasteiger partial charge in [-0.1, -0.05) is 12.1 Å². The van der Waals surface area contributed by atoms with E-state index in [9.17, 15) is 14.0 Å². The van der Waals surface area contributed by atoms with Gasteiger partial charge in [-0.05, 0) is 50.1 Å².